The van der Waals surface area contributed by atoms with Gasteiger partial charge in [-0.05, 0) is 45.7 Å². The van der Waals surface area contributed by atoms with Crippen molar-refractivity contribution >= 4 is 41.4 Å². The van der Waals surface area contributed by atoms with Crippen LogP contribution in [0.2, 0.25) is 0 Å². The van der Waals surface area contributed by atoms with E-state index in [9.17, 15) is 19.2 Å². The Hall–Kier alpha value is -4.36. The van der Waals surface area contributed by atoms with E-state index < -0.39 is 41.1 Å². The number of thioether (sulfide) groups is 1. The molecule has 0 bridgehead atoms. The minimum atomic E-state index is -1.42. The number of anilines is 1. The van der Waals surface area contributed by atoms with Crippen molar-refractivity contribution in [3.05, 3.63) is 84.3 Å². The molecule has 12 nitrogen and oxygen atoms in total. The predicted molar refractivity (Wildman–Crippen MR) is 181 cm³/mol. The molecule has 3 N–H and O–H groups in total. The van der Waals surface area contributed by atoms with E-state index in [1.54, 1.807) is 31.5 Å². The van der Waals surface area contributed by atoms with E-state index in [-0.39, 0.29) is 24.9 Å². The van der Waals surface area contributed by atoms with Crippen LogP contribution in [0.3, 0.4) is 0 Å². The standard InChI is InChI=1S/C34H44N6O6S/c1-33(2,3)46-32(44)38-34(4,5)31(43)36-26(22-45-21-24-12-8-6-9-13-24)29(41)37-27-20-40(23-35-27)28(25-14-10-7-11-15-25)30(42)39-16-18-47-19-17-39/h6-15,20,23,26,28H,16-19,21-22H2,1-5H3,(H,36,43)(H,37,41)(H,38,44)/t26-,28?/m1/s1. The molecule has 1 aromatic heterocycles. The lowest BCUT2D eigenvalue weighted by Gasteiger charge is -2.30. The van der Waals surface area contributed by atoms with Crippen molar-refractivity contribution in [2.45, 2.75) is 64.4 Å². The zero-order valence-corrected chi connectivity index (χ0v) is 28.3. The maximum Gasteiger partial charge on any atom is 0.408 e. The number of imidazole rings is 1. The zero-order valence-electron chi connectivity index (χ0n) is 27.5. The van der Waals surface area contributed by atoms with Gasteiger partial charge >= 0.3 is 6.09 Å². The molecule has 4 amide bonds. The fourth-order valence-corrected chi connectivity index (χ4v) is 5.70. The van der Waals surface area contributed by atoms with E-state index in [2.05, 4.69) is 20.9 Å². The Kier molecular flexibility index (Phi) is 12.1. The summed E-state index contributed by atoms with van der Waals surface area (Å²) in [6.45, 7) is 9.55. The smallest absolute Gasteiger partial charge is 0.408 e. The van der Waals surface area contributed by atoms with Crippen LogP contribution in [0.1, 0.15) is 51.8 Å². The van der Waals surface area contributed by atoms with Crippen LogP contribution in [0.4, 0.5) is 10.6 Å². The number of alkyl carbamates (subject to hydrolysis) is 1. The monoisotopic (exact) mass is 664 g/mol. The summed E-state index contributed by atoms with van der Waals surface area (Å²) < 4.78 is 12.8. The van der Waals surface area contributed by atoms with Gasteiger partial charge in [-0.3, -0.25) is 14.4 Å². The van der Waals surface area contributed by atoms with Gasteiger partial charge in [-0.1, -0.05) is 60.7 Å². The highest BCUT2D eigenvalue weighted by Gasteiger charge is 2.35. The van der Waals surface area contributed by atoms with Crippen LogP contribution in [0.5, 0.6) is 0 Å². The van der Waals surface area contributed by atoms with Gasteiger partial charge in [-0.25, -0.2) is 9.78 Å². The first-order chi connectivity index (χ1) is 22.3. The number of hydrogen-bond acceptors (Lipinski definition) is 8. The van der Waals surface area contributed by atoms with Gasteiger partial charge in [0.1, 0.15) is 23.2 Å². The summed E-state index contributed by atoms with van der Waals surface area (Å²) in [4.78, 5) is 59.3. The molecular formula is C34H44N6O6S. The fourth-order valence-electron chi connectivity index (χ4n) is 4.80. The van der Waals surface area contributed by atoms with Crippen molar-refractivity contribution in [3.63, 3.8) is 0 Å². The third kappa shape index (κ3) is 10.6. The number of nitrogens with zero attached hydrogens (tertiary/aromatic N) is 3. The molecular weight excluding hydrogens is 620 g/mol. The third-order valence-electron chi connectivity index (χ3n) is 7.22. The molecule has 252 valence electrons. The van der Waals surface area contributed by atoms with Crippen LogP contribution in [0, 0.1) is 0 Å². The maximum absolute atomic E-state index is 13.7. The molecule has 0 saturated carbocycles. The topological polar surface area (TPSA) is 144 Å². The number of nitrogens with one attached hydrogen (secondary N) is 3. The quantitative estimate of drug-likeness (QED) is 0.264. The van der Waals surface area contributed by atoms with Crippen molar-refractivity contribution in [1.29, 1.82) is 0 Å². The molecule has 2 aromatic carbocycles. The Bertz CT molecular complexity index is 1500. The highest BCUT2D eigenvalue weighted by atomic mass is 32.2. The highest BCUT2D eigenvalue weighted by Crippen LogP contribution is 2.24. The SMILES string of the molecule is CC(C)(C)OC(=O)NC(C)(C)C(=O)N[C@H](COCc1ccccc1)C(=O)Nc1cn(C(C(=O)N2CCSCC2)c2ccccc2)cn1. The first-order valence-electron chi connectivity index (χ1n) is 15.5. The number of carbonyl (C=O) groups excluding carboxylic acids is 4. The Balaban J connectivity index is 1.50. The number of aromatic nitrogens is 2. The van der Waals surface area contributed by atoms with Gasteiger partial charge in [-0.2, -0.15) is 11.8 Å². The number of carbonyl (C=O) groups is 4. The highest BCUT2D eigenvalue weighted by molar-refractivity contribution is 7.99. The summed E-state index contributed by atoms with van der Waals surface area (Å²) in [5, 5.41) is 8.02. The van der Waals surface area contributed by atoms with E-state index in [0.717, 1.165) is 22.6 Å². The van der Waals surface area contributed by atoms with Crippen molar-refractivity contribution in [2.75, 3.05) is 36.5 Å². The van der Waals surface area contributed by atoms with Gasteiger partial charge in [0, 0.05) is 30.8 Å². The summed E-state index contributed by atoms with van der Waals surface area (Å²) in [7, 11) is 0. The molecule has 1 fully saturated rings. The van der Waals surface area contributed by atoms with E-state index in [1.807, 2.05) is 77.3 Å². The fraction of sp³-hybridized carbons (Fsp3) is 0.441. The van der Waals surface area contributed by atoms with Gasteiger partial charge in [0.15, 0.2) is 5.82 Å². The van der Waals surface area contributed by atoms with Gasteiger partial charge in [0.2, 0.25) is 11.8 Å². The van der Waals surface area contributed by atoms with Gasteiger partial charge < -0.3 is 34.9 Å². The predicted octanol–water partition coefficient (Wildman–Crippen LogP) is 3.99. The Morgan fingerprint density at radius 2 is 1.57 bits per heavy atom. The first-order valence-corrected chi connectivity index (χ1v) is 16.7. The molecule has 1 saturated heterocycles. The molecule has 2 heterocycles. The number of hydrogen-bond donors (Lipinski definition) is 3. The van der Waals surface area contributed by atoms with Crippen LogP contribution in [-0.2, 0) is 30.5 Å². The lowest BCUT2D eigenvalue weighted by molar-refractivity contribution is -0.133. The van der Waals surface area contributed by atoms with E-state index >= 15 is 0 Å². The first kappa shape index (κ1) is 35.5. The van der Waals surface area contributed by atoms with Crippen LogP contribution >= 0.6 is 11.8 Å². The molecule has 1 aliphatic heterocycles. The van der Waals surface area contributed by atoms with Gasteiger partial charge in [0.25, 0.3) is 5.91 Å². The molecule has 0 radical (unpaired) electrons. The lowest BCUT2D eigenvalue weighted by atomic mass is 10.0. The van der Waals surface area contributed by atoms with Crippen molar-refractivity contribution in [3.8, 4) is 0 Å². The Labute approximate surface area is 280 Å². The Morgan fingerprint density at radius 3 is 2.21 bits per heavy atom. The van der Waals surface area contributed by atoms with E-state index in [4.69, 9.17) is 9.47 Å². The third-order valence-corrected chi connectivity index (χ3v) is 8.16. The van der Waals surface area contributed by atoms with Crippen LogP contribution in [0.25, 0.3) is 0 Å². The molecule has 47 heavy (non-hydrogen) atoms. The number of rotatable bonds is 12. The molecule has 0 aliphatic carbocycles. The number of benzene rings is 2. The van der Waals surface area contributed by atoms with Crippen molar-refractivity contribution in [1.82, 2.24) is 25.1 Å². The summed E-state index contributed by atoms with van der Waals surface area (Å²) in [6, 6.07) is 17.0. The second kappa shape index (κ2) is 16.0. The van der Waals surface area contributed by atoms with Crippen LogP contribution in [-0.4, -0.2) is 86.6 Å². The molecule has 0 spiro atoms. The van der Waals surface area contributed by atoms with Crippen LogP contribution < -0.4 is 16.0 Å². The van der Waals surface area contributed by atoms with Crippen LogP contribution in [0.15, 0.2) is 73.2 Å². The van der Waals surface area contributed by atoms with Crippen molar-refractivity contribution in [2.24, 2.45) is 0 Å². The second-order valence-corrected chi connectivity index (χ2v) is 13.9. The molecule has 3 aromatic rings. The summed E-state index contributed by atoms with van der Waals surface area (Å²) in [5.74, 6) is 0.703. The minimum absolute atomic E-state index is 0.0500. The zero-order chi connectivity index (χ0) is 34.0. The molecule has 1 unspecified atom stereocenters. The normalized spacial score (nSPS) is 14.9. The summed E-state index contributed by atoms with van der Waals surface area (Å²) in [5.41, 5.74) is -0.485. The molecule has 2 atom stereocenters. The average Bonchev–Trinajstić information content (AvgIpc) is 3.48. The van der Waals surface area contributed by atoms with Gasteiger partial charge in [-0.15, -0.1) is 0 Å². The largest absolute Gasteiger partial charge is 0.444 e. The average molecular weight is 665 g/mol. The molecule has 4 rings (SSSR count). The van der Waals surface area contributed by atoms with Crippen molar-refractivity contribution < 1.29 is 28.7 Å². The van der Waals surface area contributed by atoms with E-state index in [0.29, 0.717) is 13.1 Å². The summed E-state index contributed by atoms with van der Waals surface area (Å²) in [6.07, 6.45) is 2.34. The maximum atomic E-state index is 13.7. The number of ether oxygens (including phenoxy) is 2. The molecule has 13 heteroatoms. The van der Waals surface area contributed by atoms with E-state index in [1.165, 1.54) is 20.2 Å². The Morgan fingerprint density at radius 1 is 0.936 bits per heavy atom. The number of amides is 4. The minimum Gasteiger partial charge on any atom is -0.444 e. The molecule has 1 aliphatic rings. The summed E-state index contributed by atoms with van der Waals surface area (Å²) >= 11 is 1.82. The second-order valence-electron chi connectivity index (χ2n) is 12.7. The lowest BCUT2D eigenvalue weighted by Crippen LogP contribution is -2.59. The van der Waals surface area contributed by atoms with Gasteiger partial charge in [0.05, 0.1) is 19.5 Å².